The van der Waals surface area contributed by atoms with Crippen molar-refractivity contribution in [1.29, 1.82) is 0 Å². The summed E-state index contributed by atoms with van der Waals surface area (Å²) in [6.07, 6.45) is 0. The quantitative estimate of drug-likeness (QED) is 0.821. The lowest BCUT2D eigenvalue weighted by Crippen LogP contribution is -2.38. The number of nitrogens with zero attached hydrogens (tertiary/aromatic N) is 2. The Morgan fingerprint density at radius 2 is 2.21 bits per heavy atom. The number of ether oxygens (including phenoxy) is 1. The fraction of sp³-hybridized carbons (Fsp3) is 0.583. The Morgan fingerprint density at radius 1 is 1.53 bits per heavy atom. The maximum absolute atomic E-state index is 12.2. The van der Waals surface area contributed by atoms with Crippen LogP contribution in [0.1, 0.15) is 29.3 Å². The summed E-state index contributed by atoms with van der Waals surface area (Å²) < 4.78 is 4.94. The normalized spacial score (nSPS) is 10.7. The van der Waals surface area contributed by atoms with Gasteiger partial charge in [0.1, 0.15) is 17.2 Å². The Kier molecular flexibility index (Phi) is 5.91. The Morgan fingerprint density at radius 3 is 2.74 bits per heavy atom. The van der Waals surface area contributed by atoms with Gasteiger partial charge in [-0.3, -0.25) is 9.59 Å². The number of hydrogen-bond acceptors (Lipinski definition) is 5. The Bertz CT molecular complexity index is 445. The third kappa shape index (κ3) is 4.96. The molecule has 0 spiro atoms. The zero-order valence-electron chi connectivity index (χ0n) is 11.3. The molecule has 6 nitrogen and oxygen atoms in total. The molecule has 1 heterocycles. The van der Waals surface area contributed by atoms with Gasteiger partial charge in [0.2, 0.25) is 0 Å². The molecule has 0 saturated carbocycles. The van der Waals surface area contributed by atoms with Crippen LogP contribution >= 0.6 is 11.3 Å². The third-order valence-corrected chi connectivity index (χ3v) is 3.06. The lowest BCUT2D eigenvalue weighted by atomic mass is 10.2. The van der Waals surface area contributed by atoms with Gasteiger partial charge in [-0.2, -0.15) is 0 Å². The van der Waals surface area contributed by atoms with Crippen molar-refractivity contribution in [3.8, 4) is 0 Å². The van der Waals surface area contributed by atoms with Gasteiger partial charge in [0.25, 0.3) is 5.91 Å². The number of carbonyl (C=O) groups excluding carboxylic acids is 1. The predicted molar refractivity (Wildman–Crippen MR) is 71.2 cm³/mol. The molecule has 0 atom stereocenters. The van der Waals surface area contributed by atoms with Crippen LogP contribution in [-0.4, -0.2) is 47.1 Å². The molecule has 0 bridgehead atoms. The maximum Gasteiger partial charge on any atom is 0.323 e. The number of aliphatic carboxylic acids is 1. The fourth-order valence-corrected chi connectivity index (χ4v) is 2.32. The number of carboxylic acids is 1. The average Bonchev–Trinajstić information content (AvgIpc) is 2.75. The first kappa shape index (κ1) is 15.6. The van der Waals surface area contributed by atoms with Crippen molar-refractivity contribution in [3.05, 3.63) is 16.1 Å². The van der Waals surface area contributed by atoms with Crippen LogP contribution in [-0.2, 0) is 16.1 Å². The highest BCUT2D eigenvalue weighted by Gasteiger charge is 2.21. The van der Waals surface area contributed by atoms with E-state index in [0.29, 0.717) is 18.2 Å². The van der Waals surface area contributed by atoms with E-state index >= 15 is 0 Å². The number of rotatable bonds is 7. The summed E-state index contributed by atoms with van der Waals surface area (Å²) in [6.45, 7) is 4.29. The van der Waals surface area contributed by atoms with E-state index in [1.54, 1.807) is 12.5 Å². The second-order valence-electron chi connectivity index (χ2n) is 4.53. The molecule has 0 unspecified atom stereocenters. The van der Waals surface area contributed by atoms with E-state index in [9.17, 15) is 9.59 Å². The second-order valence-corrected chi connectivity index (χ2v) is 5.48. The highest BCUT2D eigenvalue weighted by atomic mass is 32.1. The summed E-state index contributed by atoms with van der Waals surface area (Å²) in [5.74, 6) is -1.18. The van der Waals surface area contributed by atoms with E-state index in [1.165, 1.54) is 16.2 Å². The minimum atomic E-state index is -1.03. The summed E-state index contributed by atoms with van der Waals surface area (Å²) in [5, 5.41) is 11.2. The van der Waals surface area contributed by atoms with E-state index < -0.39 is 5.97 Å². The first-order valence-electron chi connectivity index (χ1n) is 5.88. The highest BCUT2D eigenvalue weighted by molar-refractivity contribution is 7.09. The topological polar surface area (TPSA) is 79.7 Å². The molecule has 0 radical (unpaired) electrons. The van der Waals surface area contributed by atoms with Crippen molar-refractivity contribution < 1.29 is 19.4 Å². The SMILES string of the molecule is COCc1nc(C(=O)N(CC(=O)O)CC(C)C)cs1. The van der Waals surface area contributed by atoms with E-state index in [1.807, 2.05) is 13.8 Å². The summed E-state index contributed by atoms with van der Waals surface area (Å²) in [7, 11) is 1.55. The molecule has 1 aromatic heterocycles. The van der Waals surface area contributed by atoms with Gasteiger partial charge >= 0.3 is 5.97 Å². The molecule has 0 aromatic carbocycles. The molecule has 106 valence electrons. The molecule has 0 saturated heterocycles. The smallest absolute Gasteiger partial charge is 0.323 e. The number of thiazole rings is 1. The van der Waals surface area contributed by atoms with Gasteiger partial charge in [-0.25, -0.2) is 4.98 Å². The van der Waals surface area contributed by atoms with Gasteiger partial charge in [0, 0.05) is 19.0 Å². The van der Waals surface area contributed by atoms with E-state index in [4.69, 9.17) is 9.84 Å². The second kappa shape index (κ2) is 7.20. The molecule has 0 aliphatic heterocycles. The van der Waals surface area contributed by atoms with Crippen molar-refractivity contribution in [2.75, 3.05) is 20.2 Å². The van der Waals surface area contributed by atoms with Crippen molar-refractivity contribution in [3.63, 3.8) is 0 Å². The first-order chi connectivity index (χ1) is 8.93. The molecule has 1 amide bonds. The predicted octanol–water partition coefficient (Wildman–Crippen LogP) is 1.47. The minimum absolute atomic E-state index is 0.195. The molecule has 0 aliphatic carbocycles. The largest absolute Gasteiger partial charge is 0.480 e. The Labute approximate surface area is 116 Å². The van der Waals surface area contributed by atoms with Gasteiger partial charge in [-0.15, -0.1) is 11.3 Å². The molecule has 0 fully saturated rings. The van der Waals surface area contributed by atoms with E-state index in [0.717, 1.165) is 0 Å². The minimum Gasteiger partial charge on any atom is -0.480 e. The van der Waals surface area contributed by atoms with Gasteiger partial charge in [-0.05, 0) is 5.92 Å². The van der Waals surface area contributed by atoms with E-state index in [2.05, 4.69) is 4.98 Å². The molecule has 1 N–H and O–H groups in total. The lowest BCUT2D eigenvalue weighted by molar-refractivity contribution is -0.137. The summed E-state index contributed by atoms with van der Waals surface area (Å²) in [6, 6.07) is 0. The first-order valence-corrected chi connectivity index (χ1v) is 6.76. The number of methoxy groups -OCH3 is 1. The molecule has 1 rings (SSSR count). The molecular formula is C12H18N2O4S. The van der Waals surface area contributed by atoms with Gasteiger partial charge in [0.15, 0.2) is 0 Å². The maximum atomic E-state index is 12.2. The zero-order valence-corrected chi connectivity index (χ0v) is 12.1. The highest BCUT2D eigenvalue weighted by Crippen LogP contribution is 2.13. The van der Waals surface area contributed by atoms with Crippen LogP contribution in [0.2, 0.25) is 0 Å². The van der Waals surface area contributed by atoms with Crippen LogP contribution in [0.25, 0.3) is 0 Å². The third-order valence-electron chi connectivity index (χ3n) is 2.24. The zero-order chi connectivity index (χ0) is 14.4. The fourth-order valence-electron chi connectivity index (χ4n) is 1.58. The molecule has 1 aromatic rings. The molecule has 0 aliphatic rings. The number of aromatic nitrogens is 1. The number of hydrogen-bond donors (Lipinski definition) is 1. The summed E-state index contributed by atoms with van der Waals surface area (Å²) >= 11 is 1.33. The molecule has 7 heteroatoms. The van der Waals surface area contributed by atoms with Crippen LogP contribution in [0, 0.1) is 5.92 Å². The van der Waals surface area contributed by atoms with Crippen LogP contribution in [0.15, 0.2) is 5.38 Å². The van der Waals surface area contributed by atoms with E-state index in [-0.39, 0.29) is 24.1 Å². The van der Waals surface area contributed by atoms with Crippen molar-refractivity contribution >= 4 is 23.2 Å². The van der Waals surface area contributed by atoms with Crippen molar-refractivity contribution in [2.45, 2.75) is 20.5 Å². The van der Waals surface area contributed by atoms with Crippen molar-refractivity contribution in [2.24, 2.45) is 5.92 Å². The molecule has 19 heavy (non-hydrogen) atoms. The van der Waals surface area contributed by atoms with Gasteiger partial charge in [0.05, 0.1) is 6.61 Å². The molecular weight excluding hydrogens is 268 g/mol. The summed E-state index contributed by atoms with van der Waals surface area (Å²) in [4.78, 5) is 28.5. The monoisotopic (exact) mass is 286 g/mol. The van der Waals surface area contributed by atoms with Crippen LogP contribution in [0.4, 0.5) is 0 Å². The Balaban J connectivity index is 2.81. The van der Waals surface area contributed by atoms with Gasteiger partial charge < -0.3 is 14.7 Å². The van der Waals surface area contributed by atoms with Crippen LogP contribution in [0.3, 0.4) is 0 Å². The number of carboxylic acid groups (broad SMARTS) is 1. The summed E-state index contributed by atoms with van der Waals surface area (Å²) in [5.41, 5.74) is 0.277. The van der Waals surface area contributed by atoms with Crippen LogP contribution < -0.4 is 0 Å². The van der Waals surface area contributed by atoms with Gasteiger partial charge in [-0.1, -0.05) is 13.8 Å². The van der Waals surface area contributed by atoms with Crippen LogP contribution in [0.5, 0.6) is 0 Å². The average molecular weight is 286 g/mol. The number of amides is 1. The van der Waals surface area contributed by atoms with Crippen molar-refractivity contribution in [1.82, 2.24) is 9.88 Å². The lowest BCUT2D eigenvalue weighted by Gasteiger charge is -2.21. The number of carbonyl (C=O) groups is 2. The Hall–Kier alpha value is -1.47. The standard InChI is InChI=1S/C12H18N2O4S/c1-8(2)4-14(5-11(15)16)12(17)9-7-19-10(13-9)6-18-3/h7-8H,4-6H2,1-3H3,(H,15,16).